The molecule has 188 valence electrons. The van der Waals surface area contributed by atoms with Crippen LogP contribution in [0.5, 0.6) is 5.75 Å². The number of nitrogens with zero attached hydrogens (tertiary/aromatic N) is 2. The van der Waals surface area contributed by atoms with Gasteiger partial charge < -0.3 is 14.7 Å². The normalized spacial score (nSPS) is 26.6. The van der Waals surface area contributed by atoms with E-state index in [2.05, 4.69) is 17.5 Å². The minimum atomic E-state index is -0.898. The molecular formula is C28H34Cl2N2O3. The van der Waals surface area contributed by atoms with Gasteiger partial charge in [0, 0.05) is 31.6 Å². The summed E-state index contributed by atoms with van der Waals surface area (Å²) in [6.45, 7) is 6.08. The van der Waals surface area contributed by atoms with Gasteiger partial charge in [0.25, 0.3) is 0 Å². The Morgan fingerprint density at radius 3 is 2.77 bits per heavy atom. The van der Waals surface area contributed by atoms with Crippen molar-refractivity contribution in [2.75, 3.05) is 33.8 Å². The van der Waals surface area contributed by atoms with Gasteiger partial charge in [-0.2, -0.15) is 0 Å². The Morgan fingerprint density at radius 1 is 1.26 bits per heavy atom. The largest absolute Gasteiger partial charge is 0.497 e. The van der Waals surface area contributed by atoms with Crippen LogP contribution in [0.2, 0.25) is 10.0 Å². The zero-order valence-electron chi connectivity index (χ0n) is 20.5. The molecule has 4 rings (SSSR count). The van der Waals surface area contributed by atoms with Gasteiger partial charge in [0.2, 0.25) is 5.91 Å². The van der Waals surface area contributed by atoms with E-state index in [1.807, 2.05) is 42.3 Å². The molecule has 1 aliphatic heterocycles. The summed E-state index contributed by atoms with van der Waals surface area (Å²) in [7, 11) is 3.54. The van der Waals surface area contributed by atoms with E-state index in [-0.39, 0.29) is 18.4 Å². The number of β-amino-alcohol motifs (C(OH)–C–C–N with tert-alkyl or cyclic N) is 1. The molecule has 2 aromatic rings. The summed E-state index contributed by atoms with van der Waals surface area (Å²) in [6.07, 6.45) is 5.01. The number of hydrogen-bond acceptors (Lipinski definition) is 4. The van der Waals surface area contributed by atoms with Gasteiger partial charge in [-0.15, -0.1) is 6.58 Å². The lowest BCUT2D eigenvalue weighted by atomic mass is 9.55. The van der Waals surface area contributed by atoms with E-state index in [4.69, 9.17) is 27.9 Å². The molecule has 35 heavy (non-hydrogen) atoms. The predicted octanol–water partition coefficient (Wildman–Crippen LogP) is 5.12. The Balaban J connectivity index is 1.61. The standard InChI is InChI=1S/C28H34Cl2N2O3/c1-4-13-32-14-12-27(21-6-5-7-23(17-21)35-3)18-22(10-11-28(27,34)19-32)31(2)26(33)16-20-8-9-24(29)25(30)15-20/h4-9,15,17,22,34H,1,10-14,16,18-19H2,2-3H3/t22-,27+,28+/m1/s1. The fourth-order valence-corrected chi connectivity index (χ4v) is 6.30. The lowest BCUT2D eigenvalue weighted by molar-refractivity contribution is -0.146. The molecule has 1 heterocycles. The first-order valence-electron chi connectivity index (χ1n) is 12.1. The highest BCUT2D eigenvalue weighted by Gasteiger charge is 2.58. The van der Waals surface area contributed by atoms with Gasteiger partial charge in [-0.3, -0.25) is 9.69 Å². The van der Waals surface area contributed by atoms with E-state index in [1.165, 1.54) is 0 Å². The van der Waals surface area contributed by atoms with E-state index in [0.29, 0.717) is 29.4 Å². The summed E-state index contributed by atoms with van der Waals surface area (Å²) in [5.74, 6) is 0.808. The molecule has 1 saturated carbocycles. The third-order valence-electron chi connectivity index (χ3n) is 8.00. The van der Waals surface area contributed by atoms with Crippen LogP contribution in [0.25, 0.3) is 0 Å². The molecule has 0 spiro atoms. The molecular weight excluding hydrogens is 483 g/mol. The SMILES string of the molecule is C=CCN1CC[C@@]2(c3cccc(OC)c3)C[C@H](N(C)C(=O)Cc3ccc(Cl)c(Cl)c3)CC[C@]2(O)C1. The van der Waals surface area contributed by atoms with Crippen LogP contribution >= 0.6 is 23.2 Å². The van der Waals surface area contributed by atoms with E-state index in [0.717, 1.165) is 42.8 Å². The van der Waals surface area contributed by atoms with E-state index in [9.17, 15) is 9.90 Å². The molecule has 0 unspecified atom stereocenters. The van der Waals surface area contributed by atoms with Crippen molar-refractivity contribution in [3.05, 3.63) is 76.3 Å². The van der Waals surface area contributed by atoms with Gasteiger partial charge in [0.1, 0.15) is 5.75 Å². The first kappa shape index (κ1) is 26.0. The maximum Gasteiger partial charge on any atom is 0.226 e. The lowest BCUT2D eigenvalue weighted by Crippen LogP contribution is -2.67. The number of methoxy groups -OCH3 is 1. The zero-order chi connectivity index (χ0) is 25.2. The van der Waals surface area contributed by atoms with Crippen molar-refractivity contribution in [1.82, 2.24) is 9.80 Å². The third-order valence-corrected chi connectivity index (χ3v) is 8.74. The quantitative estimate of drug-likeness (QED) is 0.519. The maximum absolute atomic E-state index is 13.3. The van der Waals surface area contributed by atoms with Crippen LogP contribution in [-0.2, 0) is 16.6 Å². The molecule has 3 atom stereocenters. The topological polar surface area (TPSA) is 53.0 Å². The lowest BCUT2D eigenvalue weighted by Gasteiger charge is -2.59. The predicted molar refractivity (Wildman–Crippen MR) is 141 cm³/mol. The molecule has 1 amide bonds. The van der Waals surface area contributed by atoms with Crippen molar-refractivity contribution in [2.24, 2.45) is 0 Å². The van der Waals surface area contributed by atoms with Crippen molar-refractivity contribution in [3.8, 4) is 5.75 Å². The average molecular weight is 517 g/mol. The molecule has 0 aromatic heterocycles. The fraction of sp³-hybridized carbons (Fsp3) is 0.464. The van der Waals surface area contributed by atoms with Crippen LogP contribution in [0.1, 0.15) is 36.8 Å². The summed E-state index contributed by atoms with van der Waals surface area (Å²) >= 11 is 12.2. The summed E-state index contributed by atoms with van der Waals surface area (Å²) < 4.78 is 5.52. The first-order chi connectivity index (χ1) is 16.7. The van der Waals surface area contributed by atoms with Crippen LogP contribution in [0.4, 0.5) is 0 Å². The molecule has 1 N–H and O–H groups in total. The monoisotopic (exact) mass is 516 g/mol. The summed E-state index contributed by atoms with van der Waals surface area (Å²) in [5.41, 5.74) is 0.543. The highest BCUT2D eigenvalue weighted by atomic mass is 35.5. The Kier molecular flexibility index (Phi) is 7.82. The average Bonchev–Trinajstić information content (AvgIpc) is 2.85. The maximum atomic E-state index is 13.3. The van der Waals surface area contributed by atoms with Crippen LogP contribution in [0, 0.1) is 0 Å². The van der Waals surface area contributed by atoms with Crippen molar-refractivity contribution >= 4 is 29.1 Å². The van der Waals surface area contributed by atoms with Crippen LogP contribution in [0.15, 0.2) is 55.1 Å². The minimum absolute atomic E-state index is 0.0164. The Labute approximate surface area is 218 Å². The summed E-state index contributed by atoms with van der Waals surface area (Å²) in [6, 6.07) is 13.4. The number of likely N-dealkylation sites (tertiary alicyclic amines) is 1. The number of rotatable bonds is 7. The van der Waals surface area contributed by atoms with Crippen LogP contribution in [-0.4, -0.2) is 66.2 Å². The number of piperidine rings is 1. The van der Waals surface area contributed by atoms with Gasteiger partial charge in [-0.25, -0.2) is 0 Å². The number of aliphatic hydroxyl groups is 1. The molecule has 0 bridgehead atoms. The number of ether oxygens (including phenoxy) is 1. The molecule has 7 heteroatoms. The first-order valence-corrected chi connectivity index (χ1v) is 12.9. The second kappa shape index (κ2) is 10.5. The Morgan fingerprint density at radius 2 is 2.06 bits per heavy atom. The van der Waals surface area contributed by atoms with Crippen molar-refractivity contribution in [3.63, 3.8) is 0 Å². The van der Waals surface area contributed by atoms with E-state index < -0.39 is 11.0 Å². The number of carbonyl (C=O) groups excluding carboxylic acids is 1. The van der Waals surface area contributed by atoms with Gasteiger partial charge in [0.15, 0.2) is 0 Å². The van der Waals surface area contributed by atoms with Crippen molar-refractivity contribution in [1.29, 1.82) is 0 Å². The number of fused-ring (bicyclic) bond motifs is 1. The molecule has 2 fully saturated rings. The summed E-state index contributed by atoms with van der Waals surface area (Å²) in [4.78, 5) is 17.4. The second-order valence-corrected chi connectivity index (χ2v) is 10.8. The fourth-order valence-electron chi connectivity index (χ4n) is 5.98. The number of likely N-dealkylation sites (N-methyl/N-ethyl adjacent to an activating group) is 1. The molecule has 1 aliphatic carbocycles. The highest BCUT2D eigenvalue weighted by molar-refractivity contribution is 6.42. The number of benzene rings is 2. The van der Waals surface area contributed by atoms with E-state index >= 15 is 0 Å². The van der Waals surface area contributed by atoms with Crippen LogP contribution < -0.4 is 4.74 Å². The van der Waals surface area contributed by atoms with Crippen molar-refractivity contribution < 1.29 is 14.6 Å². The van der Waals surface area contributed by atoms with Crippen LogP contribution in [0.3, 0.4) is 0 Å². The number of amides is 1. The number of halogens is 2. The van der Waals surface area contributed by atoms with Gasteiger partial charge in [-0.1, -0.05) is 47.5 Å². The van der Waals surface area contributed by atoms with Gasteiger partial charge >= 0.3 is 0 Å². The summed E-state index contributed by atoms with van der Waals surface area (Å²) in [5, 5.41) is 13.1. The van der Waals surface area contributed by atoms with E-state index in [1.54, 1.807) is 19.2 Å². The molecule has 1 saturated heterocycles. The van der Waals surface area contributed by atoms with Gasteiger partial charge in [-0.05, 0) is 67.6 Å². The number of carbonyl (C=O) groups is 1. The molecule has 2 aliphatic rings. The highest BCUT2D eigenvalue weighted by Crippen LogP contribution is 2.52. The molecule has 2 aromatic carbocycles. The van der Waals surface area contributed by atoms with Gasteiger partial charge in [0.05, 0.1) is 29.2 Å². The molecule has 0 radical (unpaired) electrons. The third kappa shape index (κ3) is 5.10. The second-order valence-electron chi connectivity index (χ2n) is 9.95. The Hall–Kier alpha value is -2.05. The number of hydrogen-bond donors (Lipinski definition) is 1. The molecule has 5 nitrogen and oxygen atoms in total. The van der Waals surface area contributed by atoms with Crippen molar-refractivity contribution in [2.45, 2.75) is 49.2 Å². The zero-order valence-corrected chi connectivity index (χ0v) is 22.0. The smallest absolute Gasteiger partial charge is 0.226 e. The Bertz CT molecular complexity index is 1090. The minimum Gasteiger partial charge on any atom is -0.497 e.